The van der Waals surface area contributed by atoms with Crippen LogP contribution in [-0.4, -0.2) is 29.8 Å². The Morgan fingerprint density at radius 3 is 2.90 bits per heavy atom. The maximum absolute atomic E-state index is 13.1. The van der Waals surface area contributed by atoms with Crippen molar-refractivity contribution in [3.63, 3.8) is 0 Å². The second-order valence-corrected chi connectivity index (χ2v) is 5.24. The minimum absolute atomic E-state index is 0.0139. The van der Waals surface area contributed by atoms with Gasteiger partial charge in [0.25, 0.3) is 5.91 Å². The van der Waals surface area contributed by atoms with Gasteiger partial charge in [-0.15, -0.1) is 0 Å². The Morgan fingerprint density at radius 1 is 1.52 bits per heavy atom. The molecule has 21 heavy (non-hydrogen) atoms. The van der Waals surface area contributed by atoms with Crippen LogP contribution < -0.4 is 5.32 Å². The van der Waals surface area contributed by atoms with E-state index in [0.717, 1.165) is 0 Å². The Hall–Kier alpha value is -2.68. The molecule has 1 aromatic rings. The standard InChI is InChI=1S/C15H12FN3O2/c1-9(16)13(20)19-7-10(6-17)15(8-19)11-4-2-3-5-12(11)18-14(15)21/h2-5,10H,1,7-8H2,(H,18,21). The van der Waals surface area contributed by atoms with Crippen LogP contribution in [0.15, 0.2) is 36.7 Å². The van der Waals surface area contributed by atoms with Crippen molar-refractivity contribution in [2.24, 2.45) is 5.92 Å². The van der Waals surface area contributed by atoms with E-state index in [0.29, 0.717) is 11.3 Å². The number of carbonyl (C=O) groups is 2. The number of nitrogens with one attached hydrogen (secondary N) is 1. The van der Waals surface area contributed by atoms with Crippen LogP contribution in [0.3, 0.4) is 0 Å². The van der Waals surface area contributed by atoms with E-state index in [9.17, 15) is 19.2 Å². The molecule has 2 heterocycles. The minimum Gasteiger partial charge on any atom is -0.334 e. The summed E-state index contributed by atoms with van der Waals surface area (Å²) in [6.07, 6.45) is 0. The van der Waals surface area contributed by atoms with Crippen LogP contribution in [0.4, 0.5) is 10.1 Å². The normalized spacial score (nSPS) is 26.4. The van der Waals surface area contributed by atoms with Crippen molar-refractivity contribution in [3.8, 4) is 6.07 Å². The molecule has 5 nitrogen and oxygen atoms in total. The summed E-state index contributed by atoms with van der Waals surface area (Å²) >= 11 is 0. The van der Waals surface area contributed by atoms with Gasteiger partial charge in [0.05, 0.1) is 12.0 Å². The fraction of sp³-hybridized carbons (Fsp3) is 0.267. The molecular formula is C15H12FN3O2. The van der Waals surface area contributed by atoms with Crippen LogP contribution in [0.2, 0.25) is 0 Å². The molecule has 1 fully saturated rings. The fourth-order valence-electron chi connectivity index (χ4n) is 3.17. The highest BCUT2D eigenvalue weighted by molar-refractivity contribution is 6.08. The van der Waals surface area contributed by atoms with E-state index in [1.807, 2.05) is 0 Å². The highest BCUT2D eigenvalue weighted by Crippen LogP contribution is 2.47. The summed E-state index contributed by atoms with van der Waals surface area (Å²) in [7, 11) is 0. The first-order valence-electron chi connectivity index (χ1n) is 6.45. The smallest absolute Gasteiger partial charge is 0.282 e. The van der Waals surface area contributed by atoms with Gasteiger partial charge >= 0.3 is 0 Å². The number of hydrogen-bond acceptors (Lipinski definition) is 3. The quantitative estimate of drug-likeness (QED) is 0.791. The summed E-state index contributed by atoms with van der Waals surface area (Å²) in [5.74, 6) is -3.00. The average Bonchev–Trinajstić information content (AvgIpc) is 2.99. The summed E-state index contributed by atoms with van der Waals surface area (Å²) in [5.41, 5.74) is 0.189. The van der Waals surface area contributed by atoms with Gasteiger partial charge in [-0.05, 0) is 11.6 Å². The van der Waals surface area contributed by atoms with Gasteiger partial charge in [0.15, 0.2) is 5.83 Å². The fourth-order valence-corrected chi connectivity index (χ4v) is 3.17. The van der Waals surface area contributed by atoms with Crippen molar-refractivity contribution in [2.45, 2.75) is 5.41 Å². The van der Waals surface area contributed by atoms with E-state index < -0.39 is 23.1 Å². The number of nitrogens with zero attached hydrogens (tertiary/aromatic N) is 2. The molecule has 0 saturated carbocycles. The molecule has 1 N–H and O–H groups in total. The van der Waals surface area contributed by atoms with Crippen molar-refractivity contribution < 1.29 is 14.0 Å². The van der Waals surface area contributed by atoms with Crippen LogP contribution in [0.5, 0.6) is 0 Å². The van der Waals surface area contributed by atoms with E-state index in [-0.39, 0.29) is 19.0 Å². The number of carbonyl (C=O) groups excluding carboxylic acids is 2. The molecule has 6 heteroatoms. The third-order valence-corrected chi connectivity index (χ3v) is 4.17. The molecule has 3 rings (SSSR count). The van der Waals surface area contributed by atoms with Gasteiger partial charge in [-0.3, -0.25) is 9.59 Å². The zero-order valence-electron chi connectivity index (χ0n) is 11.1. The Kier molecular flexibility index (Phi) is 2.80. The van der Waals surface area contributed by atoms with E-state index in [1.54, 1.807) is 24.3 Å². The second-order valence-electron chi connectivity index (χ2n) is 5.24. The zero-order chi connectivity index (χ0) is 15.2. The number of nitriles is 1. The van der Waals surface area contributed by atoms with E-state index >= 15 is 0 Å². The molecule has 0 aliphatic carbocycles. The zero-order valence-corrected chi connectivity index (χ0v) is 11.1. The highest BCUT2D eigenvalue weighted by Gasteiger charge is 2.58. The summed E-state index contributed by atoms with van der Waals surface area (Å²) in [6.45, 7) is 2.98. The SMILES string of the molecule is C=C(F)C(=O)N1CC(C#N)C2(C1)C(=O)Nc1ccccc12. The molecule has 2 aliphatic rings. The van der Waals surface area contributed by atoms with Gasteiger partial charge in [0.1, 0.15) is 5.41 Å². The lowest BCUT2D eigenvalue weighted by molar-refractivity contribution is -0.128. The van der Waals surface area contributed by atoms with E-state index in [4.69, 9.17) is 0 Å². The Balaban J connectivity index is 2.09. The summed E-state index contributed by atoms with van der Waals surface area (Å²) in [4.78, 5) is 25.4. The molecule has 1 spiro atoms. The maximum atomic E-state index is 13.1. The third kappa shape index (κ3) is 1.67. The molecule has 2 unspecified atom stereocenters. The maximum Gasteiger partial charge on any atom is 0.282 e. The van der Waals surface area contributed by atoms with Crippen LogP contribution >= 0.6 is 0 Å². The topological polar surface area (TPSA) is 73.2 Å². The van der Waals surface area contributed by atoms with Crippen LogP contribution in [0.25, 0.3) is 0 Å². The van der Waals surface area contributed by atoms with Crippen LogP contribution in [0, 0.1) is 17.2 Å². The number of anilines is 1. The van der Waals surface area contributed by atoms with Crippen LogP contribution in [-0.2, 0) is 15.0 Å². The minimum atomic E-state index is -1.13. The van der Waals surface area contributed by atoms with Crippen molar-refractivity contribution in [2.75, 3.05) is 18.4 Å². The van der Waals surface area contributed by atoms with Gasteiger partial charge in [0, 0.05) is 18.8 Å². The molecule has 0 bridgehead atoms. The van der Waals surface area contributed by atoms with Gasteiger partial charge < -0.3 is 10.2 Å². The molecule has 2 atom stereocenters. The molecule has 1 saturated heterocycles. The first-order valence-corrected chi connectivity index (χ1v) is 6.45. The lowest BCUT2D eigenvalue weighted by atomic mass is 9.74. The Bertz CT molecular complexity index is 709. The van der Waals surface area contributed by atoms with Gasteiger partial charge in [-0.2, -0.15) is 5.26 Å². The number of halogens is 1. The van der Waals surface area contributed by atoms with E-state index in [1.165, 1.54) is 4.90 Å². The molecular weight excluding hydrogens is 273 g/mol. The van der Waals surface area contributed by atoms with Gasteiger partial charge in [-0.1, -0.05) is 24.8 Å². The van der Waals surface area contributed by atoms with Crippen LogP contribution in [0.1, 0.15) is 5.56 Å². The van der Waals surface area contributed by atoms with Crippen molar-refractivity contribution in [3.05, 3.63) is 42.2 Å². The summed E-state index contributed by atoms with van der Waals surface area (Å²) < 4.78 is 13.1. The number of hydrogen-bond donors (Lipinski definition) is 1. The number of likely N-dealkylation sites (tertiary alicyclic amines) is 1. The predicted molar refractivity (Wildman–Crippen MR) is 72.7 cm³/mol. The lowest BCUT2D eigenvalue weighted by Gasteiger charge is -2.24. The molecule has 2 aliphatic heterocycles. The number of para-hydroxylation sites is 1. The predicted octanol–water partition coefficient (Wildman–Crippen LogP) is 1.34. The Morgan fingerprint density at radius 2 is 2.24 bits per heavy atom. The lowest BCUT2D eigenvalue weighted by Crippen LogP contribution is -2.42. The first kappa shape index (κ1) is 13.3. The Labute approximate surface area is 120 Å². The second kappa shape index (κ2) is 4.42. The first-order chi connectivity index (χ1) is 10.0. The van der Waals surface area contributed by atoms with Gasteiger partial charge in [-0.25, -0.2) is 4.39 Å². The molecule has 0 radical (unpaired) electrons. The number of benzene rings is 1. The molecule has 2 amide bonds. The summed E-state index contributed by atoms with van der Waals surface area (Å²) in [6, 6.07) is 9.14. The monoisotopic (exact) mass is 285 g/mol. The van der Waals surface area contributed by atoms with Crippen molar-refractivity contribution >= 4 is 17.5 Å². The van der Waals surface area contributed by atoms with Crippen molar-refractivity contribution in [1.29, 1.82) is 5.26 Å². The largest absolute Gasteiger partial charge is 0.334 e. The van der Waals surface area contributed by atoms with E-state index in [2.05, 4.69) is 18.0 Å². The highest BCUT2D eigenvalue weighted by atomic mass is 19.1. The van der Waals surface area contributed by atoms with Gasteiger partial charge in [0.2, 0.25) is 5.91 Å². The number of rotatable bonds is 1. The third-order valence-electron chi connectivity index (χ3n) is 4.17. The number of amides is 2. The molecule has 0 aromatic heterocycles. The molecule has 106 valence electrons. The molecule has 1 aromatic carbocycles. The summed E-state index contributed by atoms with van der Waals surface area (Å²) in [5, 5.41) is 12.1. The van der Waals surface area contributed by atoms with Crippen molar-refractivity contribution in [1.82, 2.24) is 4.90 Å². The average molecular weight is 285 g/mol. The number of fused-ring (bicyclic) bond motifs is 2.